The maximum atomic E-state index is 12.3. The van der Waals surface area contributed by atoms with Crippen molar-refractivity contribution in [3.05, 3.63) is 94.5 Å². The molecule has 0 atom stereocenters. The molecule has 9 nitrogen and oxygen atoms in total. The molecule has 0 unspecified atom stereocenters. The highest BCUT2D eigenvalue weighted by molar-refractivity contribution is 5.80. The average Bonchev–Trinajstić information content (AvgIpc) is 2.81. The number of hydrogen-bond donors (Lipinski definition) is 2. The molecule has 150 valence electrons. The van der Waals surface area contributed by atoms with Crippen LogP contribution in [0.15, 0.2) is 83.0 Å². The number of aromatic nitrogens is 4. The predicted molar refractivity (Wildman–Crippen MR) is 115 cm³/mol. The Bertz CT molecular complexity index is 1300. The fourth-order valence-electron chi connectivity index (χ4n) is 2.67. The Hall–Kier alpha value is -4.84. The smallest absolute Gasteiger partial charge is 0.321 e. The van der Waals surface area contributed by atoms with Gasteiger partial charge in [-0.1, -0.05) is 30.3 Å². The van der Waals surface area contributed by atoms with Crippen LogP contribution in [0.25, 0.3) is 11.3 Å². The molecule has 0 saturated heterocycles. The van der Waals surface area contributed by atoms with Gasteiger partial charge in [0.1, 0.15) is 17.4 Å². The van der Waals surface area contributed by atoms with Crippen molar-refractivity contribution in [1.82, 2.24) is 19.9 Å². The second-order valence-corrected chi connectivity index (χ2v) is 6.19. The number of hydrogen-bond acceptors (Lipinski definition) is 8. The SMILES string of the molecule is N#Cc1c(-c2ccccc2)nc(NN=Cc2ccc(Oc3ncccn3)cc2)[nH]c1=O. The lowest BCUT2D eigenvalue weighted by Gasteiger charge is -2.06. The highest BCUT2D eigenvalue weighted by atomic mass is 16.5. The van der Waals surface area contributed by atoms with E-state index in [1.165, 1.54) is 0 Å². The van der Waals surface area contributed by atoms with E-state index in [4.69, 9.17) is 4.74 Å². The van der Waals surface area contributed by atoms with E-state index in [0.717, 1.165) is 5.56 Å². The minimum atomic E-state index is -0.543. The van der Waals surface area contributed by atoms with Gasteiger partial charge in [-0.05, 0) is 35.9 Å². The molecule has 0 fully saturated rings. The molecule has 2 aromatic carbocycles. The normalized spacial score (nSPS) is 10.5. The van der Waals surface area contributed by atoms with Gasteiger partial charge < -0.3 is 4.74 Å². The molecule has 2 aromatic heterocycles. The van der Waals surface area contributed by atoms with Crippen LogP contribution in [0.1, 0.15) is 11.1 Å². The third-order valence-electron chi connectivity index (χ3n) is 4.09. The minimum absolute atomic E-state index is 0.0567. The lowest BCUT2D eigenvalue weighted by Crippen LogP contribution is -2.16. The summed E-state index contributed by atoms with van der Waals surface area (Å²) in [5.74, 6) is 0.710. The van der Waals surface area contributed by atoms with Crippen LogP contribution in [0.2, 0.25) is 0 Å². The first-order valence-corrected chi connectivity index (χ1v) is 9.17. The number of hydrazone groups is 1. The maximum absolute atomic E-state index is 12.3. The molecule has 0 saturated carbocycles. The Morgan fingerprint density at radius 3 is 2.48 bits per heavy atom. The first-order chi connectivity index (χ1) is 15.2. The average molecular weight is 409 g/mol. The summed E-state index contributed by atoms with van der Waals surface area (Å²) in [6, 6.07) is 20.0. The van der Waals surface area contributed by atoms with Gasteiger partial charge in [0.05, 0.1) is 11.9 Å². The number of nitrogens with one attached hydrogen (secondary N) is 2. The van der Waals surface area contributed by atoms with Crippen molar-refractivity contribution < 1.29 is 4.74 Å². The van der Waals surface area contributed by atoms with Crippen LogP contribution in [0.5, 0.6) is 11.8 Å². The quantitative estimate of drug-likeness (QED) is 0.369. The van der Waals surface area contributed by atoms with Gasteiger partial charge in [0, 0.05) is 18.0 Å². The highest BCUT2D eigenvalue weighted by Gasteiger charge is 2.12. The van der Waals surface area contributed by atoms with Gasteiger partial charge in [-0.2, -0.15) is 10.4 Å². The van der Waals surface area contributed by atoms with Gasteiger partial charge in [0.2, 0.25) is 5.95 Å². The first-order valence-electron chi connectivity index (χ1n) is 9.17. The van der Waals surface area contributed by atoms with Gasteiger partial charge >= 0.3 is 6.01 Å². The molecule has 0 amide bonds. The van der Waals surface area contributed by atoms with E-state index in [0.29, 0.717) is 11.3 Å². The standard InChI is InChI=1S/C22H15N7O2/c23-13-18-19(16-5-2-1-3-6-16)27-21(28-20(18)30)29-26-14-15-7-9-17(10-8-15)31-22-24-11-4-12-25-22/h1-12,14H,(H2,27,28,29,30). The maximum Gasteiger partial charge on any atom is 0.321 e. The number of nitriles is 1. The van der Waals surface area contributed by atoms with Gasteiger partial charge in [-0.25, -0.2) is 20.4 Å². The van der Waals surface area contributed by atoms with Crippen LogP contribution in [0.4, 0.5) is 5.95 Å². The summed E-state index contributed by atoms with van der Waals surface area (Å²) in [7, 11) is 0. The number of ether oxygens (including phenoxy) is 1. The molecule has 4 rings (SSSR count). The molecule has 0 radical (unpaired) electrons. The Morgan fingerprint density at radius 2 is 1.77 bits per heavy atom. The van der Waals surface area contributed by atoms with Crippen molar-refractivity contribution in [2.45, 2.75) is 0 Å². The molecule has 0 aliphatic carbocycles. The Kier molecular flexibility index (Phi) is 5.72. The second-order valence-electron chi connectivity index (χ2n) is 6.19. The minimum Gasteiger partial charge on any atom is -0.424 e. The number of anilines is 1. The van der Waals surface area contributed by atoms with Crippen LogP contribution in [-0.2, 0) is 0 Å². The predicted octanol–water partition coefficient (Wildman–Crippen LogP) is 3.34. The summed E-state index contributed by atoms with van der Waals surface area (Å²) in [6.07, 6.45) is 4.75. The van der Waals surface area contributed by atoms with Crippen LogP contribution in [0, 0.1) is 11.3 Å². The number of rotatable bonds is 6. The molecule has 4 aromatic rings. The number of benzene rings is 2. The summed E-state index contributed by atoms with van der Waals surface area (Å²) < 4.78 is 5.54. The number of aromatic amines is 1. The van der Waals surface area contributed by atoms with Crippen LogP contribution < -0.4 is 15.7 Å². The van der Waals surface area contributed by atoms with E-state index in [1.807, 2.05) is 24.3 Å². The van der Waals surface area contributed by atoms with Gasteiger partial charge in [0.25, 0.3) is 5.56 Å². The summed E-state index contributed by atoms with van der Waals surface area (Å²) in [5, 5.41) is 13.4. The second kappa shape index (κ2) is 9.11. The third-order valence-corrected chi connectivity index (χ3v) is 4.09. The number of H-pyrrole nitrogens is 1. The summed E-state index contributed by atoms with van der Waals surface area (Å²) in [4.78, 5) is 27.1. The molecular formula is C22H15N7O2. The summed E-state index contributed by atoms with van der Waals surface area (Å²) in [5.41, 5.74) is 3.83. The van der Waals surface area contributed by atoms with Crippen molar-refractivity contribution in [3.63, 3.8) is 0 Å². The highest BCUT2D eigenvalue weighted by Crippen LogP contribution is 2.20. The molecule has 0 bridgehead atoms. The Labute approximate surface area is 176 Å². The molecule has 9 heteroatoms. The molecule has 0 aliphatic heterocycles. The Morgan fingerprint density at radius 1 is 1.03 bits per heavy atom. The monoisotopic (exact) mass is 409 g/mol. The van der Waals surface area contributed by atoms with Crippen LogP contribution in [0.3, 0.4) is 0 Å². The molecule has 31 heavy (non-hydrogen) atoms. The van der Waals surface area contributed by atoms with Crippen LogP contribution in [-0.4, -0.2) is 26.2 Å². The lowest BCUT2D eigenvalue weighted by atomic mass is 10.1. The van der Waals surface area contributed by atoms with E-state index in [2.05, 4.69) is 30.5 Å². The summed E-state index contributed by atoms with van der Waals surface area (Å²) in [6.45, 7) is 0. The van der Waals surface area contributed by atoms with Gasteiger partial charge in [-0.15, -0.1) is 0 Å². The fourth-order valence-corrected chi connectivity index (χ4v) is 2.67. The van der Waals surface area contributed by atoms with E-state index in [9.17, 15) is 10.1 Å². The first kappa shape index (κ1) is 19.5. The van der Waals surface area contributed by atoms with Crippen molar-refractivity contribution in [3.8, 4) is 29.1 Å². The van der Waals surface area contributed by atoms with Crippen LogP contribution >= 0.6 is 0 Å². The fraction of sp³-hybridized carbons (Fsp3) is 0. The largest absolute Gasteiger partial charge is 0.424 e. The zero-order valence-corrected chi connectivity index (χ0v) is 16.1. The molecular weight excluding hydrogens is 394 g/mol. The topological polar surface area (TPSA) is 129 Å². The summed E-state index contributed by atoms with van der Waals surface area (Å²) >= 11 is 0. The van der Waals surface area contributed by atoms with Gasteiger partial charge in [0.15, 0.2) is 0 Å². The van der Waals surface area contributed by atoms with E-state index in [1.54, 1.807) is 61.1 Å². The third kappa shape index (κ3) is 4.78. The zero-order valence-electron chi connectivity index (χ0n) is 16.1. The lowest BCUT2D eigenvalue weighted by molar-refractivity contribution is 0.442. The molecule has 0 aliphatic rings. The van der Waals surface area contributed by atoms with Crippen molar-refractivity contribution >= 4 is 12.2 Å². The molecule has 2 N–H and O–H groups in total. The van der Waals surface area contributed by atoms with Crippen molar-refractivity contribution in [1.29, 1.82) is 5.26 Å². The number of nitrogens with zero attached hydrogens (tertiary/aromatic N) is 5. The van der Waals surface area contributed by atoms with E-state index in [-0.39, 0.29) is 23.2 Å². The van der Waals surface area contributed by atoms with Crippen molar-refractivity contribution in [2.75, 3.05) is 5.43 Å². The van der Waals surface area contributed by atoms with E-state index >= 15 is 0 Å². The molecule has 2 heterocycles. The molecule has 0 spiro atoms. The van der Waals surface area contributed by atoms with Gasteiger partial charge in [-0.3, -0.25) is 9.78 Å². The zero-order chi connectivity index (χ0) is 21.5. The van der Waals surface area contributed by atoms with E-state index < -0.39 is 5.56 Å². The Balaban J connectivity index is 1.48. The van der Waals surface area contributed by atoms with Crippen molar-refractivity contribution in [2.24, 2.45) is 5.10 Å².